The molecule has 0 aliphatic carbocycles. The molecular formula is C25H24ClN3O4S. The van der Waals surface area contributed by atoms with E-state index in [9.17, 15) is 14.7 Å². The number of allylic oxidation sites excluding steroid dienone is 1. The predicted octanol–water partition coefficient (Wildman–Crippen LogP) is 3.22. The van der Waals surface area contributed by atoms with Crippen LogP contribution in [-0.4, -0.2) is 36.3 Å². The third-order valence-corrected chi connectivity index (χ3v) is 6.74. The molecule has 2 aromatic carbocycles. The monoisotopic (exact) mass is 497 g/mol. The first-order chi connectivity index (χ1) is 16.2. The molecule has 9 heteroatoms. The van der Waals surface area contributed by atoms with Gasteiger partial charge in [0.15, 0.2) is 4.80 Å². The predicted molar refractivity (Wildman–Crippen MR) is 134 cm³/mol. The Balaban J connectivity index is 1.95. The summed E-state index contributed by atoms with van der Waals surface area (Å²) in [6.45, 7) is 3.69. The van der Waals surface area contributed by atoms with Crippen LogP contribution in [0, 0.1) is 0 Å². The van der Waals surface area contributed by atoms with Gasteiger partial charge < -0.3 is 14.7 Å². The van der Waals surface area contributed by atoms with Crippen LogP contribution in [-0.2, 0) is 9.53 Å². The van der Waals surface area contributed by atoms with E-state index in [0.29, 0.717) is 31.2 Å². The van der Waals surface area contributed by atoms with Gasteiger partial charge in [-0.1, -0.05) is 35.1 Å². The highest BCUT2D eigenvalue weighted by molar-refractivity contribution is 7.07. The standard InChI is InChI=1S/C25H24ClN3O4S/c1-5-33-24(32)21-14(2)27-25-29(22(21)15-6-9-18(10-7-15)28(3)4)23(31)20(34-25)13-16-12-17(26)8-11-19(16)30/h6-13,22,30H,5H2,1-4H3/b20-13-/t22-/m1/s1. The molecule has 3 aromatic rings. The minimum Gasteiger partial charge on any atom is -0.507 e. The molecule has 34 heavy (non-hydrogen) atoms. The van der Waals surface area contributed by atoms with E-state index in [0.717, 1.165) is 11.3 Å². The molecule has 4 rings (SSSR count). The number of hydrogen-bond acceptors (Lipinski definition) is 7. The van der Waals surface area contributed by atoms with Crippen molar-refractivity contribution in [2.45, 2.75) is 19.9 Å². The van der Waals surface area contributed by atoms with Crippen LogP contribution < -0.4 is 19.8 Å². The van der Waals surface area contributed by atoms with Crippen LogP contribution >= 0.6 is 22.9 Å². The van der Waals surface area contributed by atoms with Gasteiger partial charge in [0.1, 0.15) is 5.75 Å². The summed E-state index contributed by atoms with van der Waals surface area (Å²) >= 11 is 7.26. The largest absolute Gasteiger partial charge is 0.507 e. The Morgan fingerprint density at radius 3 is 2.62 bits per heavy atom. The number of halogens is 1. The minimum absolute atomic E-state index is 0.00875. The zero-order chi connectivity index (χ0) is 24.6. The van der Waals surface area contributed by atoms with E-state index in [2.05, 4.69) is 4.99 Å². The van der Waals surface area contributed by atoms with Gasteiger partial charge in [-0.05, 0) is 55.8 Å². The molecule has 0 bridgehead atoms. The smallest absolute Gasteiger partial charge is 0.338 e. The number of anilines is 1. The van der Waals surface area contributed by atoms with E-state index < -0.39 is 12.0 Å². The molecule has 2 heterocycles. The normalized spacial score (nSPS) is 15.7. The van der Waals surface area contributed by atoms with Crippen molar-refractivity contribution in [1.29, 1.82) is 0 Å². The van der Waals surface area contributed by atoms with Crippen LogP contribution in [0.25, 0.3) is 6.08 Å². The fourth-order valence-electron chi connectivity index (χ4n) is 3.84. The van der Waals surface area contributed by atoms with Crippen molar-refractivity contribution < 1.29 is 14.6 Å². The summed E-state index contributed by atoms with van der Waals surface area (Å²) in [5, 5.41) is 10.7. The fourth-order valence-corrected chi connectivity index (χ4v) is 5.06. The van der Waals surface area contributed by atoms with Crippen LogP contribution in [0.15, 0.2) is 63.5 Å². The highest BCUT2D eigenvalue weighted by Gasteiger charge is 2.33. The van der Waals surface area contributed by atoms with Gasteiger partial charge in [-0.25, -0.2) is 9.79 Å². The zero-order valence-corrected chi connectivity index (χ0v) is 20.8. The Morgan fingerprint density at radius 2 is 1.97 bits per heavy atom. The molecule has 0 spiro atoms. The fraction of sp³-hybridized carbons (Fsp3) is 0.240. The average Bonchev–Trinajstić information content (AvgIpc) is 3.10. The number of phenolic OH excluding ortho intramolecular Hbond substituents is 1. The summed E-state index contributed by atoms with van der Waals surface area (Å²) in [7, 11) is 3.88. The van der Waals surface area contributed by atoms with E-state index in [1.807, 2.05) is 43.3 Å². The number of thiazole rings is 1. The molecule has 176 valence electrons. The summed E-state index contributed by atoms with van der Waals surface area (Å²) in [5.74, 6) is -0.498. The van der Waals surface area contributed by atoms with E-state index >= 15 is 0 Å². The molecule has 0 fully saturated rings. The third-order valence-electron chi connectivity index (χ3n) is 5.52. The lowest BCUT2D eigenvalue weighted by Gasteiger charge is -2.25. The number of hydrogen-bond donors (Lipinski definition) is 1. The summed E-state index contributed by atoms with van der Waals surface area (Å²) in [5.41, 5.74) is 2.68. The Bertz CT molecular complexity index is 1470. The molecule has 7 nitrogen and oxygen atoms in total. The zero-order valence-electron chi connectivity index (χ0n) is 19.2. The number of rotatable bonds is 5. The first kappa shape index (κ1) is 23.8. The number of phenols is 1. The van der Waals surface area contributed by atoms with Gasteiger partial charge in [0.2, 0.25) is 0 Å². The molecule has 1 aliphatic heterocycles. The summed E-state index contributed by atoms with van der Waals surface area (Å²) in [6.07, 6.45) is 1.58. The van der Waals surface area contributed by atoms with Crippen LogP contribution in [0.3, 0.4) is 0 Å². The number of ether oxygens (including phenoxy) is 1. The van der Waals surface area contributed by atoms with Crippen molar-refractivity contribution >= 4 is 40.7 Å². The van der Waals surface area contributed by atoms with Crippen LogP contribution in [0.4, 0.5) is 5.69 Å². The van der Waals surface area contributed by atoms with Crippen LogP contribution in [0.1, 0.15) is 31.0 Å². The first-order valence-corrected chi connectivity index (χ1v) is 11.9. The Morgan fingerprint density at radius 1 is 1.26 bits per heavy atom. The molecule has 1 aliphatic rings. The van der Waals surface area contributed by atoms with Crippen molar-refractivity contribution in [2.24, 2.45) is 4.99 Å². The van der Waals surface area contributed by atoms with E-state index in [4.69, 9.17) is 16.3 Å². The van der Waals surface area contributed by atoms with Crippen LogP contribution in [0.5, 0.6) is 5.75 Å². The molecular weight excluding hydrogens is 474 g/mol. The molecule has 1 aromatic heterocycles. The van der Waals surface area contributed by atoms with Gasteiger partial charge in [-0.2, -0.15) is 0 Å². The van der Waals surface area contributed by atoms with E-state index in [1.54, 1.807) is 32.1 Å². The Hall–Kier alpha value is -3.36. The maximum absolute atomic E-state index is 13.6. The van der Waals surface area contributed by atoms with Gasteiger partial charge >= 0.3 is 5.97 Å². The number of aromatic nitrogens is 1. The summed E-state index contributed by atoms with van der Waals surface area (Å²) in [6, 6.07) is 11.6. The number of benzene rings is 2. The van der Waals surface area contributed by atoms with Crippen molar-refractivity contribution in [3.63, 3.8) is 0 Å². The number of carbonyl (C=O) groups excluding carboxylic acids is 1. The van der Waals surface area contributed by atoms with Crippen molar-refractivity contribution in [3.8, 4) is 5.75 Å². The number of fused-ring (bicyclic) bond motifs is 1. The quantitative estimate of drug-likeness (QED) is 0.547. The highest BCUT2D eigenvalue weighted by Crippen LogP contribution is 2.31. The van der Waals surface area contributed by atoms with Crippen molar-refractivity contribution in [1.82, 2.24) is 4.57 Å². The maximum atomic E-state index is 13.6. The molecule has 1 N–H and O–H groups in total. The second-order valence-corrected chi connectivity index (χ2v) is 9.44. The number of carbonyl (C=O) groups is 1. The number of esters is 1. The van der Waals surface area contributed by atoms with E-state index in [-0.39, 0.29) is 17.9 Å². The lowest BCUT2D eigenvalue weighted by molar-refractivity contribution is -0.139. The minimum atomic E-state index is -0.693. The molecule has 0 saturated carbocycles. The van der Waals surface area contributed by atoms with Gasteiger partial charge in [-0.15, -0.1) is 0 Å². The third kappa shape index (κ3) is 4.38. The Kier molecular flexibility index (Phi) is 6.63. The lowest BCUT2D eigenvalue weighted by Crippen LogP contribution is -2.39. The summed E-state index contributed by atoms with van der Waals surface area (Å²) in [4.78, 5) is 33.5. The van der Waals surface area contributed by atoms with E-state index in [1.165, 1.54) is 22.0 Å². The highest BCUT2D eigenvalue weighted by atomic mass is 35.5. The average molecular weight is 498 g/mol. The molecule has 0 saturated heterocycles. The molecule has 0 radical (unpaired) electrons. The SMILES string of the molecule is CCOC(=O)C1=C(C)N=c2s/c(=C\c3cc(Cl)ccc3O)c(=O)n2[C@@H]1c1ccc(N(C)C)cc1. The van der Waals surface area contributed by atoms with Gasteiger partial charge in [0, 0.05) is 30.4 Å². The Labute approximate surface area is 205 Å². The first-order valence-electron chi connectivity index (χ1n) is 10.7. The molecule has 0 amide bonds. The van der Waals surface area contributed by atoms with Crippen molar-refractivity contribution in [3.05, 3.63) is 89.6 Å². The van der Waals surface area contributed by atoms with Gasteiger partial charge in [-0.3, -0.25) is 9.36 Å². The summed E-state index contributed by atoms with van der Waals surface area (Å²) < 4.78 is 7.20. The second kappa shape index (κ2) is 9.48. The number of aromatic hydroxyl groups is 1. The lowest BCUT2D eigenvalue weighted by atomic mass is 9.95. The second-order valence-electron chi connectivity index (χ2n) is 7.99. The van der Waals surface area contributed by atoms with Crippen molar-refractivity contribution in [2.75, 3.05) is 25.6 Å². The van der Waals surface area contributed by atoms with Crippen LogP contribution in [0.2, 0.25) is 5.02 Å². The molecule has 1 atom stereocenters. The topological polar surface area (TPSA) is 84.1 Å². The number of nitrogens with zero attached hydrogens (tertiary/aromatic N) is 3. The maximum Gasteiger partial charge on any atom is 0.338 e. The van der Waals surface area contributed by atoms with Gasteiger partial charge in [0.25, 0.3) is 5.56 Å². The molecule has 0 unspecified atom stereocenters. The van der Waals surface area contributed by atoms with Gasteiger partial charge in [0.05, 0.1) is 28.5 Å².